The van der Waals surface area contributed by atoms with Crippen molar-refractivity contribution in [2.24, 2.45) is 0 Å². The maximum absolute atomic E-state index is 13.6. The number of rotatable bonds is 9. The van der Waals surface area contributed by atoms with E-state index in [1.807, 2.05) is 56.3 Å². The van der Waals surface area contributed by atoms with Crippen LogP contribution in [0.25, 0.3) is 5.57 Å². The second-order valence-corrected chi connectivity index (χ2v) is 16.0. The Hall–Kier alpha value is -4.00. The number of hydrogen-bond donors (Lipinski definition) is 0. The zero-order chi connectivity index (χ0) is 34.1. The molecular weight excluding hydrogens is 609 g/mol. The number of hydrogen-bond acceptors (Lipinski definition) is 3. The summed E-state index contributed by atoms with van der Waals surface area (Å²) in [4.78, 5) is 0. The van der Waals surface area contributed by atoms with Crippen LogP contribution in [-0.2, 0) is 0 Å². The van der Waals surface area contributed by atoms with Crippen molar-refractivity contribution < 1.29 is 13.2 Å². The average Bonchev–Trinajstić information content (AvgIpc) is 3.07. The first-order valence-electron chi connectivity index (χ1n) is 15.6. The Bertz CT molecular complexity index is 1500. The Balaban J connectivity index is 0.000000215. The summed E-state index contributed by atoms with van der Waals surface area (Å²) < 4.78 is 46.4. The number of allylic oxidation sites excluding steroid dienone is 1. The molecule has 0 heterocycles. The molecule has 0 aliphatic rings. The van der Waals surface area contributed by atoms with Gasteiger partial charge in [0, 0.05) is 42.3 Å². The zero-order valence-electron chi connectivity index (χ0n) is 28.0. The van der Waals surface area contributed by atoms with Crippen LogP contribution in [0.3, 0.4) is 0 Å². The lowest BCUT2D eigenvalue weighted by Crippen LogP contribution is -2.74. The van der Waals surface area contributed by atoms with Gasteiger partial charge in [-0.2, -0.15) is 49.0 Å². The summed E-state index contributed by atoms with van der Waals surface area (Å²) in [6, 6.07) is 51.5. The molecule has 5 rings (SSSR count). The van der Waals surface area contributed by atoms with E-state index in [1.165, 1.54) is 39.8 Å². The third-order valence-corrected chi connectivity index (χ3v) is 12.8. The minimum atomic E-state index is -4.41. The molecule has 0 atom stereocenters. The van der Waals surface area contributed by atoms with Crippen molar-refractivity contribution >= 4 is 41.3 Å². The molecule has 0 aromatic heterocycles. The summed E-state index contributed by atoms with van der Waals surface area (Å²) in [5.41, 5.74) is 4.94. The molecule has 0 saturated heterocycles. The van der Waals surface area contributed by atoms with Gasteiger partial charge in [-0.15, -0.1) is 0 Å². The topological polar surface area (TPSA) is 9.72 Å². The largest absolute Gasteiger partial charge is 0.420 e. The van der Waals surface area contributed by atoms with Crippen molar-refractivity contribution in [3.05, 3.63) is 163 Å². The van der Waals surface area contributed by atoms with E-state index in [1.54, 1.807) is 18.2 Å². The lowest BCUT2D eigenvalue weighted by molar-refractivity contribution is -0.0688. The number of alkyl halides is 3. The second kappa shape index (κ2) is 15.7. The first-order chi connectivity index (χ1) is 22.5. The molecule has 3 nitrogen and oxygen atoms in total. The number of benzene rings is 5. The summed E-state index contributed by atoms with van der Waals surface area (Å²) in [5.74, 6) is 1.38. The van der Waals surface area contributed by atoms with Crippen molar-refractivity contribution in [3.63, 3.8) is 0 Å². The first-order valence-corrected chi connectivity index (χ1v) is 17.3. The van der Waals surface area contributed by atoms with Crippen LogP contribution in [0, 0.1) is 0 Å². The van der Waals surface area contributed by atoms with Crippen molar-refractivity contribution in [3.8, 4) is 0 Å². The maximum Gasteiger partial charge on any atom is 0.420 e. The standard InChI is InChI=1S/C24H20B.C15H24F3N3P/c1-5-13-21(14-6-1)25(22-15-7-2-8-16-22,23-17-9-3-10-18-23)24-19-11-4-12-20-24;1-19(2)22(20(3)4,21(5)6)12-14(15(16,17)18)13-10-8-7-9-11-13/h1-20H;7-12H,1-6H3/q-1;+1/b;14-12-. The van der Waals surface area contributed by atoms with E-state index in [9.17, 15) is 13.2 Å². The molecule has 0 N–H and O–H groups in total. The van der Waals surface area contributed by atoms with Crippen molar-refractivity contribution in [2.75, 3.05) is 42.3 Å². The normalized spacial score (nSPS) is 12.6. The summed E-state index contributed by atoms with van der Waals surface area (Å²) in [5, 5.41) is 0. The van der Waals surface area contributed by atoms with Crippen LogP contribution in [0.5, 0.6) is 0 Å². The summed E-state index contributed by atoms with van der Waals surface area (Å²) in [6.45, 7) is 0. The molecule has 0 unspecified atom stereocenters. The molecule has 0 aliphatic heterocycles. The third-order valence-electron chi connectivity index (χ3n) is 8.66. The Morgan fingerprint density at radius 1 is 0.468 bits per heavy atom. The zero-order valence-corrected chi connectivity index (χ0v) is 28.9. The quantitative estimate of drug-likeness (QED) is 0.124. The Morgan fingerprint density at radius 2 is 0.723 bits per heavy atom. The molecule has 0 fully saturated rings. The third kappa shape index (κ3) is 7.77. The van der Waals surface area contributed by atoms with Crippen LogP contribution in [-0.4, -0.2) is 68.6 Å². The van der Waals surface area contributed by atoms with Gasteiger partial charge in [-0.3, -0.25) is 0 Å². The fourth-order valence-corrected chi connectivity index (χ4v) is 10.1. The van der Waals surface area contributed by atoms with E-state index in [0.29, 0.717) is 0 Å². The van der Waals surface area contributed by atoms with E-state index in [0.717, 1.165) is 0 Å². The number of nitrogens with zero attached hydrogens (tertiary/aromatic N) is 3. The molecule has 0 bridgehead atoms. The van der Waals surface area contributed by atoms with Crippen LogP contribution in [0.2, 0.25) is 0 Å². The molecule has 5 aromatic rings. The van der Waals surface area contributed by atoms with Crippen molar-refractivity contribution in [1.29, 1.82) is 0 Å². The smallest absolute Gasteiger partial charge is 0.195 e. The lowest BCUT2D eigenvalue weighted by atomic mass is 9.13. The van der Waals surface area contributed by atoms with Gasteiger partial charge in [0.25, 0.3) is 7.71 Å². The Morgan fingerprint density at radius 3 is 0.957 bits per heavy atom. The highest BCUT2D eigenvalue weighted by Crippen LogP contribution is 2.67. The lowest BCUT2D eigenvalue weighted by Gasteiger charge is -2.44. The van der Waals surface area contributed by atoms with Crippen molar-refractivity contribution in [1.82, 2.24) is 14.0 Å². The van der Waals surface area contributed by atoms with Gasteiger partial charge < -0.3 is 0 Å². The minimum absolute atomic E-state index is 0.185. The minimum Gasteiger partial charge on any atom is -0.195 e. The number of halogens is 3. The Labute approximate surface area is 279 Å². The second-order valence-electron chi connectivity index (χ2n) is 12.1. The van der Waals surface area contributed by atoms with E-state index < -0.39 is 25.6 Å². The van der Waals surface area contributed by atoms with Gasteiger partial charge in [0.05, 0.1) is 0 Å². The molecule has 244 valence electrons. The maximum atomic E-state index is 13.6. The molecule has 0 aliphatic carbocycles. The average molecular weight is 654 g/mol. The van der Waals surface area contributed by atoms with Gasteiger partial charge in [-0.05, 0) is 5.56 Å². The molecule has 47 heavy (non-hydrogen) atoms. The predicted octanol–water partition coefficient (Wildman–Crippen LogP) is 7.10. The predicted molar refractivity (Wildman–Crippen MR) is 199 cm³/mol. The highest BCUT2D eigenvalue weighted by molar-refractivity contribution is 7.72. The van der Waals surface area contributed by atoms with Crippen LogP contribution in [0.15, 0.2) is 157 Å². The summed E-state index contributed by atoms with van der Waals surface area (Å²) in [6.07, 6.45) is -5.62. The van der Waals surface area contributed by atoms with Crippen LogP contribution in [0.4, 0.5) is 13.2 Å². The monoisotopic (exact) mass is 653 g/mol. The molecular formula is C39H44BF3N3P. The molecule has 0 saturated carbocycles. The molecule has 0 radical (unpaired) electrons. The van der Waals surface area contributed by atoms with E-state index in [-0.39, 0.29) is 5.56 Å². The van der Waals surface area contributed by atoms with Crippen LogP contribution < -0.4 is 21.9 Å². The fourth-order valence-electron chi connectivity index (χ4n) is 6.64. The van der Waals surface area contributed by atoms with Gasteiger partial charge in [0.15, 0.2) is 0 Å². The van der Waals surface area contributed by atoms with Crippen molar-refractivity contribution in [2.45, 2.75) is 6.18 Å². The van der Waals surface area contributed by atoms with Gasteiger partial charge in [-0.1, -0.05) is 152 Å². The van der Waals surface area contributed by atoms with E-state index in [2.05, 4.69) is 121 Å². The highest BCUT2D eigenvalue weighted by atomic mass is 31.2. The van der Waals surface area contributed by atoms with Crippen LogP contribution in [0.1, 0.15) is 5.56 Å². The molecule has 0 spiro atoms. The SMILES string of the molecule is CN(C)[P+](/C=C(/c1ccccc1)C(F)(F)F)(N(C)C)N(C)C.c1ccc([B-](c2ccccc2)(c2ccccc2)c2ccccc2)cc1. The van der Waals surface area contributed by atoms with E-state index in [4.69, 9.17) is 0 Å². The highest BCUT2D eigenvalue weighted by Gasteiger charge is 2.50. The molecule has 0 amide bonds. The first kappa shape index (κ1) is 35.9. The van der Waals surface area contributed by atoms with Gasteiger partial charge >= 0.3 is 6.18 Å². The van der Waals surface area contributed by atoms with E-state index >= 15 is 0 Å². The fraction of sp³-hybridized carbons (Fsp3) is 0.179. The molecule has 5 aromatic carbocycles. The Kier molecular flexibility index (Phi) is 12.0. The summed E-state index contributed by atoms with van der Waals surface area (Å²) >= 11 is 0. The van der Waals surface area contributed by atoms with Crippen LogP contribution >= 0.6 is 7.71 Å². The van der Waals surface area contributed by atoms with Gasteiger partial charge in [0.2, 0.25) is 0 Å². The van der Waals surface area contributed by atoms with Gasteiger partial charge in [0.1, 0.15) is 17.5 Å². The molecule has 8 heteroatoms. The van der Waals surface area contributed by atoms with Gasteiger partial charge in [-0.25, -0.2) is 0 Å². The summed E-state index contributed by atoms with van der Waals surface area (Å²) in [7, 11) is 8.44.